The van der Waals surface area contributed by atoms with Crippen LogP contribution in [0.4, 0.5) is 5.00 Å². The molecule has 3 rings (SSSR count). The maximum atomic E-state index is 12.2. The van der Waals surface area contributed by atoms with Crippen LogP contribution in [-0.4, -0.2) is 26.1 Å². The number of benzene rings is 1. The molecule has 0 atom stereocenters. The van der Waals surface area contributed by atoms with Crippen LogP contribution in [0.25, 0.3) is 11.4 Å². The number of nitrogens with zero attached hydrogens (tertiary/aromatic N) is 5. The summed E-state index contributed by atoms with van der Waals surface area (Å²) in [5.41, 5.74) is 3.38. The highest BCUT2D eigenvalue weighted by Crippen LogP contribution is 2.31. The average Bonchev–Trinajstić information content (AvgIpc) is 3.13. The summed E-state index contributed by atoms with van der Waals surface area (Å²) in [7, 11) is 0. The molecule has 8 heteroatoms. The van der Waals surface area contributed by atoms with Crippen molar-refractivity contribution in [2.24, 2.45) is 0 Å². The van der Waals surface area contributed by atoms with Crippen molar-refractivity contribution in [3.63, 3.8) is 0 Å². The van der Waals surface area contributed by atoms with Gasteiger partial charge in [0.05, 0.1) is 5.56 Å². The molecule has 0 fully saturated rings. The predicted molar refractivity (Wildman–Crippen MR) is 95.1 cm³/mol. The van der Waals surface area contributed by atoms with E-state index in [0.29, 0.717) is 16.4 Å². The number of carbonyl (C=O) groups is 1. The fourth-order valence-corrected chi connectivity index (χ4v) is 3.30. The van der Waals surface area contributed by atoms with Crippen LogP contribution in [0, 0.1) is 32.1 Å². The highest BCUT2D eigenvalue weighted by Gasteiger charge is 2.16. The van der Waals surface area contributed by atoms with Crippen LogP contribution in [0.15, 0.2) is 24.3 Å². The molecule has 2 heterocycles. The molecule has 0 aliphatic heterocycles. The van der Waals surface area contributed by atoms with Crippen molar-refractivity contribution < 1.29 is 4.79 Å². The minimum absolute atomic E-state index is 0.0697. The van der Waals surface area contributed by atoms with Gasteiger partial charge in [0.15, 0.2) is 0 Å². The van der Waals surface area contributed by atoms with Crippen LogP contribution in [0.1, 0.15) is 21.6 Å². The van der Waals surface area contributed by atoms with Gasteiger partial charge in [-0.05, 0) is 31.5 Å². The van der Waals surface area contributed by atoms with Gasteiger partial charge < -0.3 is 5.32 Å². The van der Waals surface area contributed by atoms with Gasteiger partial charge in [0.2, 0.25) is 11.7 Å². The lowest BCUT2D eigenvalue weighted by Crippen LogP contribution is -2.20. The summed E-state index contributed by atoms with van der Waals surface area (Å²) in [5.74, 6) is 0.166. The molecular weight excluding hydrogens is 336 g/mol. The molecule has 0 radical (unpaired) electrons. The van der Waals surface area contributed by atoms with E-state index in [9.17, 15) is 10.1 Å². The minimum atomic E-state index is -0.300. The molecule has 1 aromatic carbocycles. The molecule has 0 spiro atoms. The van der Waals surface area contributed by atoms with Crippen molar-refractivity contribution in [1.82, 2.24) is 20.2 Å². The molecular formula is C17H16N6OS. The van der Waals surface area contributed by atoms with E-state index < -0.39 is 0 Å². The van der Waals surface area contributed by atoms with E-state index in [1.807, 2.05) is 45.0 Å². The number of anilines is 1. The Morgan fingerprint density at radius 3 is 2.68 bits per heavy atom. The van der Waals surface area contributed by atoms with E-state index in [1.54, 1.807) is 0 Å². The summed E-state index contributed by atoms with van der Waals surface area (Å²) in [5, 5.41) is 24.7. The maximum Gasteiger partial charge on any atom is 0.248 e. The van der Waals surface area contributed by atoms with Crippen molar-refractivity contribution in [3.05, 3.63) is 45.8 Å². The number of tetrazole rings is 1. The molecule has 25 heavy (non-hydrogen) atoms. The monoisotopic (exact) mass is 352 g/mol. The third-order valence-electron chi connectivity index (χ3n) is 3.80. The topological polar surface area (TPSA) is 96.5 Å². The summed E-state index contributed by atoms with van der Waals surface area (Å²) >= 11 is 1.39. The van der Waals surface area contributed by atoms with Gasteiger partial charge in [0.25, 0.3) is 0 Å². The van der Waals surface area contributed by atoms with Crippen LogP contribution in [0.3, 0.4) is 0 Å². The van der Waals surface area contributed by atoms with Crippen molar-refractivity contribution >= 4 is 22.2 Å². The number of nitrogens with one attached hydrogen (secondary N) is 1. The van der Waals surface area contributed by atoms with Crippen molar-refractivity contribution in [1.29, 1.82) is 5.26 Å². The number of hydrogen-bond donors (Lipinski definition) is 1. The quantitative estimate of drug-likeness (QED) is 0.779. The lowest BCUT2D eigenvalue weighted by molar-refractivity contribution is -0.117. The summed E-state index contributed by atoms with van der Waals surface area (Å²) in [6.45, 7) is 5.72. The molecule has 1 N–H and O–H groups in total. The van der Waals surface area contributed by atoms with Crippen LogP contribution >= 0.6 is 11.3 Å². The van der Waals surface area contributed by atoms with Crippen molar-refractivity contribution in [3.8, 4) is 17.5 Å². The number of thiophene rings is 1. The molecule has 3 aromatic rings. The normalized spacial score (nSPS) is 10.5. The molecule has 0 saturated heterocycles. The van der Waals surface area contributed by atoms with E-state index in [4.69, 9.17) is 0 Å². The second-order valence-electron chi connectivity index (χ2n) is 5.66. The second kappa shape index (κ2) is 6.83. The molecule has 1 amide bonds. The van der Waals surface area contributed by atoms with Crippen LogP contribution in [-0.2, 0) is 11.3 Å². The highest BCUT2D eigenvalue weighted by molar-refractivity contribution is 7.16. The number of rotatable bonds is 4. The molecule has 2 aromatic heterocycles. The Balaban J connectivity index is 1.71. The summed E-state index contributed by atoms with van der Waals surface area (Å²) in [6.07, 6.45) is 0. The Hall–Kier alpha value is -3.05. The smallest absolute Gasteiger partial charge is 0.248 e. The van der Waals surface area contributed by atoms with Gasteiger partial charge in [-0.2, -0.15) is 10.1 Å². The third-order valence-corrected chi connectivity index (χ3v) is 4.92. The lowest BCUT2D eigenvalue weighted by Gasteiger charge is -2.02. The van der Waals surface area contributed by atoms with Crippen molar-refractivity contribution in [2.75, 3.05) is 5.32 Å². The Morgan fingerprint density at radius 1 is 1.28 bits per heavy atom. The standard InChI is InChI=1S/C17H16N6OS/c1-10-4-6-13(7-5-10)16-20-22-23(21-16)9-15(24)19-17-14(8-18)11(2)12(3)25-17/h4-7H,9H2,1-3H3,(H,19,24). The second-order valence-corrected chi connectivity index (χ2v) is 6.88. The minimum Gasteiger partial charge on any atom is -0.315 e. The van der Waals surface area contributed by atoms with Crippen molar-refractivity contribution in [2.45, 2.75) is 27.3 Å². The van der Waals surface area contributed by atoms with Crippen LogP contribution < -0.4 is 5.32 Å². The summed E-state index contributed by atoms with van der Waals surface area (Å²) in [4.78, 5) is 14.5. The van der Waals surface area contributed by atoms with Gasteiger partial charge in [0.1, 0.15) is 17.6 Å². The van der Waals surface area contributed by atoms with Crippen LogP contribution in [0.5, 0.6) is 0 Å². The third kappa shape index (κ3) is 3.56. The van der Waals surface area contributed by atoms with Gasteiger partial charge >= 0.3 is 0 Å². The Morgan fingerprint density at radius 2 is 2.00 bits per heavy atom. The number of amides is 1. The zero-order valence-corrected chi connectivity index (χ0v) is 14.9. The van der Waals surface area contributed by atoms with E-state index in [1.165, 1.54) is 16.1 Å². The Bertz CT molecular complexity index is 964. The van der Waals surface area contributed by atoms with Gasteiger partial charge in [-0.1, -0.05) is 29.8 Å². The van der Waals surface area contributed by atoms with E-state index in [0.717, 1.165) is 21.6 Å². The summed E-state index contributed by atoms with van der Waals surface area (Å²) < 4.78 is 0. The first kappa shape index (κ1) is 16.8. The Kier molecular flexibility index (Phi) is 4.59. The number of aryl methyl sites for hydroxylation is 2. The number of nitriles is 1. The zero-order chi connectivity index (χ0) is 18.0. The lowest BCUT2D eigenvalue weighted by atomic mass is 10.1. The molecule has 0 aliphatic carbocycles. The van der Waals surface area contributed by atoms with Gasteiger partial charge in [-0.25, -0.2) is 0 Å². The predicted octanol–water partition coefficient (Wildman–Crippen LogP) is 2.84. The first-order valence-electron chi connectivity index (χ1n) is 7.62. The van der Waals surface area contributed by atoms with Gasteiger partial charge in [0, 0.05) is 10.4 Å². The summed E-state index contributed by atoms with van der Waals surface area (Å²) in [6, 6.07) is 9.88. The fourth-order valence-electron chi connectivity index (χ4n) is 2.27. The average molecular weight is 352 g/mol. The molecule has 7 nitrogen and oxygen atoms in total. The van der Waals surface area contributed by atoms with Gasteiger partial charge in [-0.15, -0.1) is 21.5 Å². The maximum absolute atomic E-state index is 12.2. The fraction of sp³-hybridized carbons (Fsp3) is 0.235. The molecule has 0 unspecified atom stereocenters. The molecule has 0 aliphatic rings. The first-order chi connectivity index (χ1) is 12.0. The van der Waals surface area contributed by atoms with E-state index in [2.05, 4.69) is 26.8 Å². The molecule has 0 bridgehead atoms. The van der Waals surface area contributed by atoms with Crippen LogP contribution in [0.2, 0.25) is 0 Å². The first-order valence-corrected chi connectivity index (χ1v) is 8.44. The Labute approximate surface area is 148 Å². The number of aromatic nitrogens is 4. The SMILES string of the molecule is Cc1ccc(-c2nnn(CC(=O)Nc3sc(C)c(C)c3C#N)n2)cc1. The highest BCUT2D eigenvalue weighted by atomic mass is 32.1. The zero-order valence-electron chi connectivity index (χ0n) is 14.1. The number of carbonyl (C=O) groups excluding carboxylic acids is 1. The largest absolute Gasteiger partial charge is 0.315 e. The molecule has 126 valence electrons. The van der Waals surface area contributed by atoms with E-state index in [-0.39, 0.29) is 12.5 Å². The number of hydrogen-bond acceptors (Lipinski definition) is 6. The molecule has 0 saturated carbocycles. The van der Waals surface area contributed by atoms with E-state index >= 15 is 0 Å². The van der Waals surface area contributed by atoms with Gasteiger partial charge in [-0.3, -0.25) is 4.79 Å².